The molecule has 2 atom stereocenters. The fourth-order valence-electron chi connectivity index (χ4n) is 2.59. The van der Waals surface area contributed by atoms with E-state index in [2.05, 4.69) is 43.4 Å². The number of hydrogen-bond acceptors (Lipinski definition) is 3. The van der Waals surface area contributed by atoms with E-state index in [0.29, 0.717) is 12.0 Å². The van der Waals surface area contributed by atoms with Gasteiger partial charge in [-0.15, -0.1) is 0 Å². The maximum absolute atomic E-state index is 6.28. The lowest BCUT2D eigenvalue weighted by Gasteiger charge is -2.26. The highest BCUT2D eigenvalue weighted by Gasteiger charge is 2.17. The first-order valence-corrected chi connectivity index (χ1v) is 7.30. The van der Waals surface area contributed by atoms with Crippen LogP contribution in [0, 0.1) is 5.92 Å². The summed E-state index contributed by atoms with van der Waals surface area (Å²) in [5.74, 6) is 0.697. The Morgan fingerprint density at radius 2 is 2.05 bits per heavy atom. The van der Waals surface area contributed by atoms with E-state index >= 15 is 0 Å². The van der Waals surface area contributed by atoms with E-state index in [9.17, 15) is 0 Å². The van der Waals surface area contributed by atoms with Gasteiger partial charge in [0.15, 0.2) is 0 Å². The van der Waals surface area contributed by atoms with Gasteiger partial charge >= 0.3 is 0 Å². The first-order valence-electron chi connectivity index (χ1n) is 7.30. The second kappa shape index (κ2) is 7.04. The molecule has 0 bridgehead atoms. The van der Waals surface area contributed by atoms with Gasteiger partial charge in [0.05, 0.1) is 13.2 Å². The second-order valence-electron chi connectivity index (χ2n) is 5.91. The smallest absolute Gasteiger partial charge is 0.0620 e. The van der Waals surface area contributed by atoms with Gasteiger partial charge in [-0.25, -0.2) is 0 Å². The molecule has 1 aromatic carbocycles. The molecule has 0 amide bonds. The summed E-state index contributed by atoms with van der Waals surface area (Å²) in [5, 5.41) is 3.45. The van der Waals surface area contributed by atoms with E-state index in [-0.39, 0.29) is 6.04 Å². The summed E-state index contributed by atoms with van der Waals surface area (Å²) in [4.78, 5) is 0. The highest BCUT2D eigenvalue weighted by Crippen LogP contribution is 2.18. The SMILES string of the molecule is CC(C)Cc1ccc(C(N)CC2COCCN2)cc1. The monoisotopic (exact) mass is 262 g/mol. The Balaban J connectivity index is 1.89. The lowest BCUT2D eigenvalue weighted by molar-refractivity contribution is 0.0720. The Bertz CT molecular complexity index is 369. The van der Waals surface area contributed by atoms with E-state index in [1.165, 1.54) is 11.1 Å². The van der Waals surface area contributed by atoms with Gasteiger partial charge in [0.1, 0.15) is 0 Å². The molecule has 2 unspecified atom stereocenters. The van der Waals surface area contributed by atoms with E-state index in [4.69, 9.17) is 10.5 Å². The van der Waals surface area contributed by atoms with Crippen molar-refractivity contribution in [3.63, 3.8) is 0 Å². The Kier molecular flexibility index (Phi) is 5.37. The molecule has 1 aliphatic rings. The number of nitrogens with one attached hydrogen (secondary N) is 1. The summed E-state index contributed by atoms with van der Waals surface area (Å²) >= 11 is 0. The summed E-state index contributed by atoms with van der Waals surface area (Å²) in [6.07, 6.45) is 2.07. The Labute approximate surface area is 116 Å². The van der Waals surface area contributed by atoms with E-state index in [1.54, 1.807) is 0 Å². The van der Waals surface area contributed by atoms with Crippen LogP contribution in [-0.2, 0) is 11.2 Å². The van der Waals surface area contributed by atoms with Crippen LogP contribution in [-0.4, -0.2) is 25.8 Å². The average Bonchev–Trinajstić information content (AvgIpc) is 2.40. The van der Waals surface area contributed by atoms with Crippen LogP contribution in [0.1, 0.15) is 37.4 Å². The van der Waals surface area contributed by atoms with Gasteiger partial charge in [-0.3, -0.25) is 0 Å². The fourth-order valence-corrected chi connectivity index (χ4v) is 2.59. The van der Waals surface area contributed by atoms with Gasteiger partial charge in [0.25, 0.3) is 0 Å². The number of hydrogen-bond donors (Lipinski definition) is 2. The van der Waals surface area contributed by atoms with Crippen molar-refractivity contribution in [2.75, 3.05) is 19.8 Å². The third kappa shape index (κ3) is 4.60. The molecule has 106 valence electrons. The fraction of sp³-hybridized carbons (Fsp3) is 0.625. The second-order valence-corrected chi connectivity index (χ2v) is 5.91. The normalized spacial score (nSPS) is 21.6. The van der Waals surface area contributed by atoms with Crippen LogP contribution in [0.25, 0.3) is 0 Å². The molecule has 1 fully saturated rings. The molecule has 0 aliphatic carbocycles. The van der Waals surface area contributed by atoms with Crippen molar-refractivity contribution in [2.45, 2.75) is 38.8 Å². The van der Waals surface area contributed by atoms with Crippen molar-refractivity contribution in [3.8, 4) is 0 Å². The van der Waals surface area contributed by atoms with Crippen molar-refractivity contribution in [1.82, 2.24) is 5.32 Å². The highest BCUT2D eigenvalue weighted by atomic mass is 16.5. The standard InChI is InChI=1S/C16H26N2O/c1-12(2)9-13-3-5-14(6-4-13)16(17)10-15-11-19-8-7-18-15/h3-6,12,15-16,18H,7-11,17H2,1-2H3. The lowest BCUT2D eigenvalue weighted by atomic mass is 9.96. The molecular weight excluding hydrogens is 236 g/mol. The average molecular weight is 262 g/mol. The van der Waals surface area contributed by atoms with Crippen LogP contribution in [0.2, 0.25) is 0 Å². The summed E-state index contributed by atoms with van der Waals surface area (Å²) in [5.41, 5.74) is 8.90. The number of ether oxygens (including phenoxy) is 1. The molecule has 0 spiro atoms. The zero-order valence-corrected chi connectivity index (χ0v) is 12.1. The van der Waals surface area contributed by atoms with Crippen molar-refractivity contribution < 1.29 is 4.74 Å². The molecule has 0 saturated carbocycles. The molecular formula is C16H26N2O. The maximum atomic E-state index is 6.28. The maximum Gasteiger partial charge on any atom is 0.0620 e. The van der Waals surface area contributed by atoms with Crippen LogP contribution in [0.4, 0.5) is 0 Å². The van der Waals surface area contributed by atoms with E-state index in [1.807, 2.05) is 0 Å². The van der Waals surface area contributed by atoms with Crippen molar-refractivity contribution in [1.29, 1.82) is 0 Å². The minimum absolute atomic E-state index is 0.0901. The molecule has 1 heterocycles. The minimum Gasteiger partial charge on any atom is -0.379 e. The molecule has 1 aromatic rings. The minimum atomic E-state index is 0.0901. The molecule has 19 heavy (non-hydrogen) atoms. The summed E-state index contributed by atoms with van der Waals surface area (Å²) in [7, 11) is 0. The van der Waals surface area contributed by atoms with Gasteiger partial charge in [-0.1, -0.05) is 38.1 Å². The first kappa shape index (κ1) is 14.5. The summed E-state index contributed by atoms with van der Waals surface area (Å²) < 4.78 is 5.46. The summed E-state index contributed by atoms with van der Waals surface area (Å²) in [6.45, 7) is 7.02. The van der Waals surface area contributed by atoms with E-state index in [0.717, 1.165) is 32.6 Å². The first-order chi connectivity index (χ1) is 9.15. The van der Waals surface area contributed by atoms with Crippen molar-refractivity contribution >= 4 is 0 Å². The van der Waals surface area contributed by atoms with Crippen LogP contribution in [0.15, 0.2) is 24.3 Å². The molecule has 3 nitrogen and oxygen atoms in total. The lowest BCUT2D eigenvalue weighted by Crippen LogP contribution is -2.42. The zero-order valence-electron chi connectivity index (χ0n) is 12.1. The topological polar surface area (TPSA) is 47.3 Å². The molecule has 1 saturated heterocycles. The molecule has 3 N–H and O–H groups in total. The predicted octanol–water partition coefficient (Wildman–Crippen LogP) is 2.26. The number of rotatable bonds is 5. The molecule has 0 aromatic heterocycles. The van der Waals surface area contributed by atoms with Crippen molar-refractivity contribution in [3.05, 3.63) is 35.4 Å². The third-order valence-corrected chi connectivity index (χ3v) is 3.59. The van der Waals surface area contributed by atoms with Gasteiger partial charge < -0.3 is 15.8 Å². The van der Waals surface area contributed by atoms with Crippen LogP contribution < -0.4 is 11.1 Å². The molecule has 0 radical (unpaired) electrons. The summed E-state index contributed by atoms with van der Waals surface area (Å²) in [6, 6.07) is 9.24. The van der Waals surface area contributed by atoms with Crippen LogP contribution in [0.3, 0.4) is 0 Å². The van der Waals surface area contributed by atoms with Gasteiger partial charge in [0.2, 0.25) is 0 Å². The Morgan fingerprint density at radius 1 is 1.32 bits per heavy atom. The largest absolute Gasteiger partial charge is 0.379 e. The van der Waals surface area contributed by atoms with Crippen LogP contribution >= 0.6 is 0 Å². The van der Waals surface area contributed by atoms with Crippen molar-refractivity contribution in [2.24, 2.45) is 11.7 Å². The molecule has 1 aliphatic heterocycles. The van der Waals surface area contributed by atoms with Crippen LogP contribution in [0.5, 0.6) is 0 Å². The Hall–Kier alpha value is -0.900. The Morgan fingerprint density at radius 3 is 2.63 bits per heavy atom. The van der Waals surface area contributed by atoms with Gasteiger partial charge in [-0.2, -0.15) is 0 Å². The van der Waals surface area contributed by atoms with Gasteiger partial charge in [0, 0.05) is 18.6 Å². The molecule has 3 heteroatoms. The van der Waals surface area contributed by atoms with Gasteiger partial charge in [-0.05, 0) is 29.9 Å². The van der Waals surface area contributed by atoms with E-state index < -0.39 is 0 Å². The number of benzene rings is 1. The highest BCUT2D eigenvalue weighted by molar-refractivity contribution is 5.25. The third-order valence-electron chi connectivity index (χ3n) is 3.59. The zero-order chi connectivity index (χ0) is 13.7. The molecule has 2 rings (SSSR count). The quantitative estimate of drug-likeness (QED) is 0.855. The number of morpholine rings is 1. The number of nitrogens with two attached hydrogens (primary N) is 1. The predicted molar refractivity (Wildman–Crippen MR) is 79.1 cm³/mol.